The third-order valence-electron chi connectivity index (χ3n) is 2.94. The molecular weight excluding hydrogens is 302 g/mol. The van der Waals surface area contributed by atoms with Crippen LogP contribution in [0.5, 0.6) is 0 Å². The molecule has 0 spiro atoms. The molecule has 19 heavy (non-hydrogen) atoms. The summed E-state index contributed by atoms with van der Waals surface area (Å²) in [5, 5.41) is 8.93. The van der Waals surface area contributed by atoms with E-state index < -0.39 is 5.92 Å². The van der Waals surface area contributed by atoms with E-state index in [0.717, 1.165) is 10.0 Å². The largest absolute Gasteiger partial charge is 0.293 e. The van der Waals surface area contributed by atoms with Crippen molar-refractivity contribution in [2.24, 2.45) is 0 Å². The molecule has 0 bridgehead atoms. The Morgan fingerprint density at radius 3 is 2.32 bits per heavy atom. The molecule has 0 saturated carbocycles. The number of ketones is 1. The predicted octanol–water partition coefficient (Wildman–Crippen LogP) is 4.33. The third-order valence-corrected chi connectivity index (χ3v) is 3.47. The number of carbonyl (C=O) groups excluding carboxylic acids is 1. The molecule has 0 aliphatic carbocycles. The second-order valence-corrected chi connectivity index (χ2v) is 5.11. The Hall–Kier alpha value is -1.92. The van der Waals surface area contributed by atoms with Gasteiger partial charge in [-0.25, -0.2) is 0 Å². The van der Waals surface area contributed by atoms with Gasteiger partial charge in [-0.1, -0.05) is 58.4 Å². The van der Waals surface area contributed by atoms with Gasteiger partial charge in [0, 0.05) is 16.5 Å². The minimum absolute atomic E-state index is 0.0137. The molecular formula is C16H12BrNO. The van der Waals surface area contributed by atoms with Gasteiger partial charge in [0.1, 0.15) is 0 Å². The van der Waals surface area contributed by atoms with Crippen LogP contribution in [-0.2, 0) is 0 Å². The summed E-state index contributed by atoms with van der Waals surface area (Å²) in [5.41, 5.74) is 1.52. The van der Waals surface area contributed by atoms with E-state index in [-0.39, 0.29) is 12.2 Å². The predicted molar refractivity (Wildman–Crippen MR) is 77.9 cm³/mol. The van der Waals surface area contributed by atoms with E-state index in [0.29, 0.717) is 5.56 Å². The van der Waals surface area contributed by atoms with Crippen LogP contribution in [0.1, 0.15) is 28.3 Å². The minimum Gasteiger partial charge on any atom is -0.293 e. The summed E-state index contributed by atoms with van der Waals surface area (Å²) >= 11 is 3.34. The van der Waals surface area contributed by atoms with Crippen molar-refractivity contribution in [3.8, 4) is 6.07 Å². The van der Waals surface area contributed by atoms with Crippen molar-refractivity contribution in [2.45, 2.75) is 12.3 Å². The first kappa shape index (κ1) is 13.5. The molecule has 2 aromatic carbocycles. The average molecular weight is 314 g/mol. The maximum atomic E-state index is 12.5. The summed E-state index contributed by atoms with van der Waals surface area (Å²) in [7, 11) is 0. The number of Topliss-reactive ketones (excluding diaryl/α,β-unsaturated/α-hetero) is 1. The zero-order valence-electron chi connectivity index (χ0n) is 10.2. The molecule has 94 valence electrons. The average Bonchev–Trinajstić information content (AvgIpc) is 2.46. The van der Waals surface area contributed by atoms with Gasteiger partial charge in [0.2, 0.25) is 0 Å². The Labute approximate surface area is 120 Å². The van der Waals surface area contributed by atoms with Crippen molar-refractivity contribution in [2.75, 3.05) is 0 Å². The molecule has 0 heterocycles. The van der Waals surface area contributed by atoms with Crippen LogP contribution in [0.25, 0.3) is 0 Å². The van der Waals surface area contributed by atoms with E-state index in [1.165, 1.54) is 0 Å². The van der Waals surface area contributed by atoms with E-state index in [1.807, 2.05) is 42.5 Å². The maximum Gasteiger partial charge on any atom is 0.171 e. The molecule has 0 aliphatic heterocycles. The lowest BCUT2D eigenvalue weighted by Gasteiger charge is -2.13. The van der Waals surface area contributed by atoms with Gasteiger partial charge >= 0.3 is 0 Å². The molecule has 1 atom stereocenters. The normalized spacial score (nSPS) is 11.6. The molecule has 0 N–H and O–H groups in total. The second-order valence-electron chi connectivity index (χ2n) is 4.20. The fraction of sp³-hybridized carbons (Fsp3) is 0.125. The van der Waals surface area contributed by atoms with Crippen LogP contribution in [0, 0.1) is 11.3 Å². The molecule has 3 heteroatoms. The van der Waals surface area contributed by atoms with Crippen LogP contribution in [0.3, 0.4) is 0 Å². The number of hydrogen-bond donors (Lipinski definition) is 0. The molecule has 0 aliphatic rings. The van der Waals surface area contributed by atoms with Crippen LogP contribution < -0.4 is 0 Å². The first-order chi connectivity index (χ1) is 9.22. The molecule has 0 fully saturated rings. The molecule has 2 rings (SSSR count). The fourth-order valence-corrected chi connectivity index (χ4v) is 2.22. The Kier molecular flexibility index (Phi) is 4.48. The summed E-state index contributed by atoms with van der Waals surface area (Å²) in [6, 6.07) is 18.8. The standard InChI is InChI=1S/C16H12BrNO/c17-14-8-6-13(7-9-14)16(19)15(10-11-18)12-4-2-1-3-5-12/h1-9,15H,10H2. The number of nitrogens with zero attached hydrogens (tertiary/aromatic N) is 1. The molecule has 2 aromatic rings. The smallest absolute Gasteiger partial charge is 0.171 e. The van der Waals surface area contributed by atoms with Gasteiger partial charge in [-0.3, -0.25) is 4.79 Å². The third kappa shape index (κ3) is 3.30. The summed E-state index contributed by atoms with van der Waals surface area (Å²) in [6.45, 7) is 0. The molecule has 0 radical (unpaired) electrons. The molecule has 2 nitrogen and oxygen atoms in total. The lowest BCUT2D eigenvalue weighted by Crippen LogP contribution is -2.12. The number of benzene rings is 2. The second kappa shape index (κ2) is 6.31. The van der Waals surface area contributed by atoms with E-state index >= 15 is 0 Å². The van der Waals surface area contributed by atoms with Crippen LogP contribution in [0.2, 0.25) is 0 Å². The highest BCUT2D eigenvalue weighted by Gasteiger charge is 2.21. The number of nitriles is 1. The van der Waals surface area contributed by atoms with Crippen LogP contribution in [-0.4, -0.2) is 5.78 Å². The van der Waals surface area contributed by atoms with Gasteiger partial charge in [0.05, 0.1) is 12.0 Å². The van der Waals surface area contributed by atoms with Crippen molar-refractivity contribution in [1.82, 2.24) is 0 Å². The van der Waals surface area contributed by atoms with Gasteiger partial charge in [0.15, 0.2) is 5.78 Å². The highest BCUT2D eigenvalue weighted by atomic mass is 79.9. The topological polar surface area (TPSA) is 40.9 Å². The summed E-state index contributed by atoms with van der Waals surface area (Å²) in [6.07, 6.45) is 0.193. The minimum atomic E-state index is -0.396. The number of carbonyl (C=O) groups is 1. The molecule has 0 saturated heterocycles. The molecule has 1 unspecified atom stereocenters. The van der Waals surface area contributed by atoms with Gasteiger partial charge in [0.25, 0.3) is 0 Å². The Balaban J connectivity index is 2.32. The van der Waals surface area contributed by atoms with Gasteiger partial charge < -0.3 is 0 Å². The monoisotopic (exact) mass is 313 g/mol. The maximum absolute atomic E-state index is 12.5. The first-order valence-electron chi connectivity index (χ1n) is 5.94. The SMILES string of the molecule is N#CCC(C(=O)c1ccc(Br)cc1)c1ccccc1. The molecule has 0 amide bonds. The lowest BCUT2D eigenvalue weighted by molar-refractivity contribution is 0.0960. The van der Waals surface area contributed by atoms with Crippen molar-refractivity contribution in [3.63, 3.8) is 0 Å². The van der Waals surface area contributed by atoms with Gasteiger partial charge in [-0.2, -0.15) is 5.26 Å². The number of hydrogen-bond acceptors (Lipinski definition) is 2. The van der Waals surface area contributed by atoms with Crippen LogP contribution >= 0.6 is 15.9 Å². The summed E-state index contributed by atoms with van der Waals surface area (Å²) in [4.78, 5) is 12.5. The Bertz CT molecular complexity index is 599. The van der Waals surface area contributed by atoms with Crippen molar-refractivity contribution in [3.05, 3.63) is 70.2 Å². The summed E-state index contributed by atoms with van der Waals surface area (Å²) < 4.78 is 0.931. The zero-order chi connectivity index (χ0) is 13.7. The highest BCUT2D eigenvalue weighted by Crippen LogP contribution is 2.24. The zero-order valence-corrected chi connectivity index (χ0v) is 11.8. The Morgan fingerprint density at radius 1 is 1.11 bits per heavy atom. The summed E-state index contributed by atoms with van der Waals surface area (Å²) in [5.74, 6) is -0.410. The highest BCUT2D eigenvalue weighted by molar-refractivity contribution is 9.10. The van der Waals surface area contributed by atoms with Crippen molar-refractivity contribution >= 4 is 21.7 Å². The van der Waals surface area contributed by atoms with Crippen LogP contribution in [0.15, 0.2) is 59.1 Å². The van der Waals surface area contributed by atoms with E-state index in [4.69, 9.17) is 5.26 Å². The van der Waals surface area contributed by atoms with E-state index in [9.17, 15) is 4.79 Å². The van der Waals surface area contributed by atoms with Gasteiger partial charge in [-0.05, 0) is 17.7 Å². The fourth-order valence-electron chi connectivity index (χ4n) is 1.95. The number of halogens is 1. The van der Waals surface area contributed by atoms with Crippen LogP contribution in [0.4, 0.5) is 0 Å². The Morgan fingerprint density at radius 2 is 1.74 bits per heavy atom. The quantitative estimate of drug-likeness (QED) is 0.788. The van der Waals surface area contributed by atoms with Crippen molar-refractivity contribution in [1.29, 1.82) is 5.26 Å². The van der Waals surface area contributed by atoms with Crippen molar-refractivity contribution < 1.29 is 4.79 Å². The van der Waals surface area contributed by atoms with Gasteiger partial charge in [-0.15, -0.1) is 0 Å². The lowest BCUT2D eigenvalue weighted by atomic mass is 9.88. The first-order valence-corrected chi connectivity index (χ1v) is 6.73. The number of rotatable bonds is 4. The van der Waals surface area contributed by atoms with E-state index in [1.54, 1.807) is 12.1 Å². The molecule has 0 aromatic heterocycles. The van der Waals surface area contributed by atoms with E-state index in [2.05, 4.69) is 22.0 Å².